The van der Waals surface area contributed by atoms with E-state index in [4.69, 9.17) is 9.47 Å². The molecule has 27 heavy (non-hydrogen) atoms. The molecular weight excluding hydrogens is 459 g/mol. The number of nitrogens with one attached hydrogen (secondary N) is 2. The van der Waals surface area contributed by atoms with E-state index in [1.807, 2.05) is 30.3 Å². The number of likely N-dealkylation sites (N-methyl/N-ethyl adjacent to an activating group) is 1. The highest BCUT2D eigenvalue weighted by Gasteiger charge is 2.15. The molecule has 1 aromatic carbocycles. The van der Waals surface area contributed by atoms with Gasteiger partial charge in [-0.25, -0.2) is 4.99 Å². The number of hydrogen-bond acceptors (Lipinski definition) is 4. The van der Waals surface area contributed by atoms with Crippen molar-refractivity contribution in [3.63, 3.8) is 0 Å². The van der Waals surface area contributed by atoms with Crippen molar-refractivity contribution in [2.24, 2.45) is 4.99 Å². The summed E-state index contributed by atoms with van der Waals surface area (Å²) in [7, 11) is 3.46. The minimum atomic E-state index is -0.0318. The summed E-state index contributed by atoms with van der Waals surface area (Å²) in [6.45, 7) is 2.96. The Labute approximate surface area is 178 Å². The van der Waals surface area contributed by atoms with Gasteiger partial charge in [-0.15, -0.1) is 24.0 Å². The Bertz CT molecular complexity index is 563. The standard InChI is InChI=1S/C19H30N4O3.HI/c1-23(2)18(24)15-22-19(21-14-17-10-6-12-26-17)20-11-7-13-25-16-8-4-3-5-9-16;/h3-5,8-9,17H,6-7,10-15H2,1-2H3,(H2,20,21,22);1H. The lowest BCUT2D eigenvalue weighted by atomic mass is 10.2. The van der Waals surface area contributed by atoms with E-state index in [1.165, 1.54) is 4.90 Å². The average molecular weight is 490 g/mol. The summed E-state index contributed by atoms with van der Waals surface area (Å²) in [5.41, 5.74) is 0. The van der Waals surface area contributed by atoms with Crippen LogP contribution in [0.5, 0.6) is 5.75 Å². The fourth-order valence-corrected chi connectivity index (χ4v) is 2.46. The number of carbonyl (C=O) groups is 1. The molecule has 7 nitrogen and oxygen atoms in total. The second kappa shape index (κ2) is 13.6. The Morgan fingerprint density at radius 1 is 1.30 bits per heavy atom. The Kier molecular flexibility index (Phi) is 11.8. The highest BCUT2D eigenvalue weighted by Crippen LogP contribution is 2.10. The third kappa shape index (κ3) is 9.81. The molecule has 2 rings (SSSR count). The van der Waals surface area contributed by atoms with E-state index in [0.29, 0.717) is 25.7 Å². The lowest BCUT2D eigenvalue weighted by Crippen LogP contribution is -2.42. The molecule has 0 saturated carbocycles. The van der Waals surface area contributed by atoms with Gasteiger partial charge < -0.3 is 25.0 Å². The van der Waals surface area contributed by atoms with Gasteiger partial charge in [0.05, 0.1) is 12.7 Å². The third-order valence-corrected chi connectivity index (χ3v) is 4.02. The summed E-state index contributed by atoms with van der Waals surface area (Å²) in [4.78, 5) is 17.7. The molecule has 1 aromatic rings. The minimum Gasteiger partial charge on any atom is -0.494 e. The van der Waals surface area contributed by atoms with Crippen LogP contribution in [0.4, 0.5) is 0 Å². The fraction of sp³-hybridized carbons (Fsp3) is 0.579. The van der Waals surface area contributed by atoms with Crippen molar-refractivity contribution in [2.75, 3.05) is 46.9 Å². The maximum atomic E-state index is 11.8. The molecule has 1 saturated heterocycles. The van der Waals surface area contributed by atoms with Crippen molar-refractivity contribution < 1.29 is 14.3 Å². The van der Waals surface area contributed by atoms with Gasteiger partial charge in [0, 0.05) is 33.8 Å². The van der Waals surface area contributed by atoms with Crippen LogP contribution in [-0.4, -0.2) is 69.8 Å². The maximum Gasteiger partial charge on any atom is 0.243 e. The van der Waals surface area contributed by atoms with Gasteiger partial charge in [0.1, 0.15) is 12.3 Å². The number of benzene rings is 1. The monoisotopic (exact) mass is 490 g/mol. The van der Waals surface area contributed by atoms with Crippen LogP contribution in [0.1, 0.15) is 19.3 Å². The minimum absolute atomic E-state index is 0. The van der Waals surface area contributed by atoms with Crippen LogP contribution in [0.25, 0.3) is 0 Å². The van der Waals surface area contributed by atoms with Crippen molar-refractivity contribution in [2.45, 2.75) is 25.4 Å². The highest BCUT2D eigenvalue weighted by molar-refractivity contribution is 14.0. The van der Waals surface area contributed by atoms with Gasteiger partial charge in [0.2, 0.25) is 5.91 Å². The lowest BCUT2D eigenvalue weighted by molar-refractivity contribution is -0.127. The number of carbonyl (C=O) groups excluding carboxylic acids is 1. The number of para-hydroxylation sites is 1. The van der Waals surface area contributed by atoms with Crippen LogP contribution in [0, 0.1) is 0 Å². The van der Waals surface area contributed by atoms with Gasteiger partial charge in [-0.1, -0.05) is 18.2 Å². The summed E-state index contributed by atoms with van der Waals surface area (Å²) in [6, 6.07) is 9.75. The maximum absolute atomic E-state index is 11.8. The van der Waals surface area contributed by atoms with Crippen LogP contribution in [-0.2, 0) is 9.53 Å². The Morgan fingerprint density at radius 3 is 2.74 bits per heavy atom. The number of guanidine groups is 1. The van der Waals surface area contributed by atoms with Crippen LogP contribution in [0.15, 0.2) is 35.3 Å². The van der Waals surface area contributed by atoms with E-state index in [2.05, 4.69) is 15.6 Å². The molecule has 8 heteroatoms. The van der Waals surface area contributed by atoms with Crippen LogP contribution >= 0.6 is 24.0 Å². The first-order valence-corrected chi connectivity index (χ1v) is 9.17. The summed E-state index contributed by atoms with van der Waals surface area (Å²) in [5.74, 6) is 1.47. The Morgan fingerprint density at radius 2 is 2.07 bits per heavy atom. The Balaban J connectivity index is 0.00000364. The molecule has 1 atom stereocenters. The number of nitrogens with zero attached hydrogens (tertiary/aromatic N) is 2. The van der Waals surface area contributed by atoms with E-state index < -0.39 is 0 Å². The van der Waals surface area contributed by atoms with E-state index in [-0.39, 0.29) is 42.5 Å². The molecule has 2 N–H and O–H groups in total. The van der Waals surface area contributed by atoms with E-state index in [9.17, 15) is 4.79 Å². The molecule has 1 fully saturated rings. The molecule has 1 heterocycles. The van der Waals surface area contributed by atoms with E-state index in [1.54, 1.807) is 14.1 Å². The normalized spacial score (nSPS) is 16.4. The topological polar surface area (TPSA) is 75.2 Å². The molecule has 152 valence electrons. The van der Waals surface area contributed by atoms with Crippen molar-refractivity contribution in [3.8, 4) is 5.75 Å². The third-order valence-electron chi connectivity index (χ3n) is 4.02. The summed E-state index contributed by atoms with van der Waals surface area (Å²) >= 11 is 0. The quantitative estimate of drug-likeness (QED) is 0.239. The summed E-state index contributed by atoms with van der Waals surface area (Å²) in [6.07, 6.45) is 3.20. The molecule has 1 amide bonds. The van der Waals surface area contributed by atoms with Gasteiger partial charge in [-0.2, -0.15) is 0 Å². The zero-order valence-corrected chi connectivity index (χ0v) is 18.5. The molecule has 1 unspecified atom stereocenters. The van der Waals surface area contributed by atoms with Gasteiger partial charge >= 0.3 is 0 Å². The fourth-order valence-electron chi connectivity index (χ4n) is 2.46. The van der Waals surface area contributed by atoms with Gasteiger partial charge in [0.25, 0.3) is 0 Å². The van der Waals surface area contributed by atoms with E-state index in [0.717, 1.165) is 31.6 Å². The molecule has 1 aliphatic rings. The van der Waals surface area contributed by atoms with Crippen molar-refractivity contribution >= 4 is 35.8 Å². The summed E-state index contributed by atoms with van der Waals surface area (Å²) < 4.78 is 11.3. The first-order chi connectivity index (χ1) is 12.6. The van der Waals surface area contributed by atoms with E-state index >= 15 is 0 Å². The van der Waals surface area contributed by atoms with Crippen LogP contribution in [0.3, 0.4) is 0 Å². The predicted octanol–water partition coefficient (Wildman–Crippen LogP) is 1.88. The van der Waals surface area contributed by atoms with Crippen LogP contribution in [0.2, 0.25) is 0 Å². The van der Waals surface area contributed by atoms with Gasteiger partial charge in [-0.3, -0.25) is 4.79 Å². The van der Waals surface area contributed by atoms with Crippen molar-refractivity contribution in [1.82, 2.24) is 15.5 Å². The zero-order chi connectivity index (χ0) is 18.6. The highest BCUT2D eigenvalue weighted by atomic mass is 127. The Hall–Kier alpha value is -1.55. The molecule has 0 radical (unpaired) electrons. The SMILES string of the molecule is CN(C)C(=O)CN=C(NCCCOc1ccccc1)NCC1CCCO1.I. The number of rotatable bonds is 9. The number of halogens is 1. The van der Waals surface area contributed by atoms with Gasteiger partial charge in [0.15, 0.2) is 5.96 Å². The van der Waals surface area contributed by atoms with Gasteiger partial charge in [-0.05, 0) is 31.4 Å². The number of amides is 1. The number of ether oxygens (including phenoxy) is 2. The molecule has 0 spiro atoms. The molecule has 0 aliphatic carbocycles. The zero-order valence-electron chi connectivity index (χ0n) is 16.1. The second-order valence-electron chi connectivity index (χ2n) is 6.41. The average Bonchev–Trinajstić information content (AvgIpc) is 3.17. The molecular formula is C19H31IN4O3. The number of hydrogen-bond donors (Lipinski definition) is 2. The van der Waals surface area contributed by atoms with Crippen molar-refractivity contribution in [3.05, 3.63) is 30.3 Å². The largest absolute Gasteiger partial charge is 0.494 e. The van der Waals surface area contributed by atoms with Crippen LogP contribution < -0.4 is 15.4 Å². The molecule has 0 aromatic heterocycles. The first kappa shape index (κ1) is 23.5. The first-order valence-electron chi connectivity index (χ1n) is 9.17. The molecule has 1 aliphatic heterocycles. The summed E-state index contributed by atoms with van der Waals surface area (Å²) in [5, 5.41) is 6.52. The smallest absolute Gasteiger partial charge is 0.243 e. The predicted molar refractivity (Wildman–Crippen MR) is 118 cm³/mol. The lowest BCUT2D eigenvalue weighted by Gasteiger charge is -2.16. The number of aliphatic imine (C=N–C) groups is 1. The second-order valence-corrected chi connectivity index (χ2v) is 6.41. The molecule has 0 bridgehead atoms. The van der Waals surface area contributed by atoms with Crippen molar-refractivity contribution in [1.29, 1.82) is 0 Å².